The lowest BCUT2D eigenvalue weighted by molar-refractivity contribution is 0.288. The van der Waals surface area contributed by atoms with Crippen LogP contribution in [0.3, 0.4) is 0 Å². The molecule has 0 aromatic heterocycles. The molecular weight excluding hydrogens is 488 g/mol. The van der Waals surface area contributed by atoms with Gasteiger partial charge in [-0.15, -0.1) is 24.0 Å². The zero-order valence-corrected chi connectivity index (χ0v) is 19.6. The first kappa shape index (κ1) is 24.8. The van der Waals surface area contributed by atoms with Crippen molar-refractivity contribution in [2.45, 2.75) is 26.9 Å². The van der Waals surface area contributed by atoms with Crippen molar-refractivity contribution in [1.29, 1.82) is 0 Å². The molecule has 0 unspecified atom stereocenters. The van der Waals surface area contributed by atoms with E-state index in [2.05, 4.69) is 15.6 Å². The molecule has 0 radical (unpaired) electrons. The van der Waals surface area contributed by atoms with Crippen LogP contribution in [0.1, 0.15) is 25.0 Å². The Morgan fingerprint density at radius 3 is 2.10 bits per heavy atom. The van der Waals surface area contributed by atoms with Crippen molar-refractivity contribution < 1.29 is 18.6 Å². The molecule has 2 aromatic carbocycles. The third-order valence-corrected chi connectivity index (χ3v) is 3.95. The summed E-state index contributed by atoms with van der Waals surface area (Å²) in [5.41, 5.74) is 1.90. The lowest BCUT2D eigenvalue weighted by Gasteiger charge is -2.15. The van der Waals surface area contributed by atoms with Crippen molar-refractivity contribution in [2.24, 2.45) is 4.99 Å². The minimum Gasteiger partial charge on any atom is -0.493 e. The Bertz CT molecular complexity index is 760. The number of rotatable bonds is 9. The second kappa shape index (κ2) is 13.1. The van der Waals surface area contributed by atoms with Crippen molar-refractivity contribution in [3.05, 3.63) is 53.3 Å². The maximum absolute atomic E-state index is 13.0. The summed E-state index contributed by atoms with van der Waals surface area (Å²) in [5, 5.41) is 6.45. The molecule has 8 heteroatoms. The molecule has 2 aromatic rings. The summed E-state index contributed by atoms with van der Waals surface area (Å²) in [7, 11) is 3.19. The molecule has 0 amide bonds. The topological polar surface area (TPSA) is 64.1 Å². The average Bonchev–Trinajstić information content (AvgIpc) is 2.71. The highest BCUT2D eigenvalue weighted by atomic mass is 127. The molecule has 0 atom stereocenters. The number of halogens is 2. The normalized spacial score (nSPS) is 10.7. The summed E-state index contributed by atoms with van der Waals surface area (Å²) in [4.78, 5) is 4.61. The van der Waals surface area contributed by atoms with E-state index < -0.39 is 0 Å². The first-order chi connectivity index (χ1) is 13.6. The predicted octanol–water partition coefficient (Wildman–Crippen LogP) is 4.11. The summed E-state index contributed by atoms with van der Waals surface area (Å²) in [6, 6.07) is 10.2. The minimum atomic E-state index is -0.247. The lowest BCUT2D eigenvalue weighted by atomic mass is 10.2. The van der Waals surface area contributed by atoms with Crippen LogP contribution in [0.25, 0.3) is 0 Å². The molecule has 2 N–H and O–H groups in total. The van der Waals surface area contributed by atoms with Gasteiger partial charge >= 0.3 is 0 Å². The van der Waals surface area contributed by atoms with Crippen LogP contribution in [0.15, 0.2) is 41.4 Å². The highest BCUT2D eigenvalue weighted by Gasteiger charge is 2.13. The standard InChI is InChI=1S/C21H28FN3O3.HI/c1-5-23-21(24-13-15-7-9-17(22)10-8-15)25-14-16-11-18(26-3)20(28-6-2)19(12-16)27-4;/h7-12H,5-6,13-14H2,1-4H3,(H2,23,24,25);1H. The number of hydrogen-bond donors (Lipinski definition) is 2. The van der Waals surface area contributed by atoms with Gasteiger partial charge in [-0.2, -0.15) is 0 Å². The van der Waals surface area contributed by atoms with E-state index in [1.165, 1.54) is 12.1 Å². The molecule has 0 spiro atoms. The van der Waals surface area contributed by atoms with Crippen molar-refractivity contribution in [3.63, 3.8) is 0 Å². The summed E-state index contributed by atoms with van der Waals surface area (Å²) in [6.45, 7) is 6.12. The van der Waals surface area contributed by atoms with Crippen LogP contribution in [0.4, 0.5) is 4.39 Å². The zero-order valence-electron chi connectivity index (χ0n) is 17.3. The fourth-order valence-corrected chi connectivity index (χ4v) is 2.61. The van der Waals surface area contributed by atoms with E-state index in [1.807, 2.05) is 26.0 Å². The Kier molecular flexibility index (Phi) is 11.2. The molecular formula is C21H29FIN3O3. The van der Waals surface area contributed by atoms with Gasteiger partial charge < -0.3 is 24.8 Å². The summed E-state index contributed by atoms with van der Waals surface area (Å²) in [6.07, 6.45) is 0. The Morgan fingerprint density at radius 2 is 1.59 bits per heavy atom. The monoisotopic (exact) mass is 517 g/mol. The first-order valence-corrected chi connectivity index (χ1v) is 9.25. The highest BCUT2D eigenvalue weighted by Crippen LogP contribution is 2.38. The summed E-state index contributed by atoms with van der Waals surface area (Å²) in [5.74, 6) is 2.22. The van der Waals surface area contributed by atoms with E-state index in [4.69, 9.17) is 14.2 Å². The SMILES string of the molecule is CCNC(=NCc1cc(OC)c(OCC)c(OC)c1)NCc1ccc(F)cc1.I. The highest BCUT2D eigenvalue weighted by molar-refractivity contribution is 14.0. The minimum absolute atomic E-state index is 0. The molecule has 0 aliphatic rings. The maximum atomic E-state index is 13.0. The van der Waals surface area contributed by atoms with E-state index >= 15 is 0 Å². The van der Waals surface area contributed by atoms with E-state index in [9.17, 15) is 4.39 Å². The third-order valence-electron chi connectivity index (χ3n) is 3.95. The van der Waals surface area contributed by atoms with Gasteiger partial charge in [0.2, 0.25) is 5.75 Å². The van der Waals surface area contributed by atoms with Crippen LogP contribution in [-0.4, -0.2) is 33.3 Å². The number of methoxy groups -OCH3 is 2. The number of nitrogens with zero attached hydrogens (tertiary/aromatic N) is 1. The lowest BCUT2D eigenvalue weighted by Crippen LogP contribution is -2.36. The molecule has 6 nitrogen and oxygen atoms in total. The van der Waals surface area contributed by atoms with Crippen molar-refractivity contribution >= 4 is 29.9 Å². The van der Waals surface area contributed by atoms with Gasteiger partial charge in [-0.1, -0.05) is 12.1 Å². The summed E-state index contributed by atoms with van der Waals surface area (Å²) < 4.78 is 29.5. The van der Waals surface area contributed by atoms with Crippen LogP contribution in [0.2, 0.25) is 0 Å². The van der Waals surface area contributed by atoms with Gasteiger partial charge in [0, 0.05) is 13.1 Å². The first-order valence-electron chi connectivity index (χ1n) is 9.25. The molecule has 0 heterocycles. The molecule has 2 rings (SSSR count). The number of nitrogens with one attached hydrogen (secondary N) is 2. The van der Waals surface area contributed by atoms with Crippen molar-refractivity contribution in [3.8, 4) is 17.2 Å². The average molecular weight is 517 g/mol. The van der Waals surface area contributed by atoms with Crippen LogP contribution in [0.5, 0.6) is 17.2 Å². The molecule has 0 saturated heterocycles. The van der Waals surface area contributed by atoms with E-state index in [-0.39, 0.29) is 29.8 Å². The van der Waals surface area contributed by atoms with Gasteiger partial charge in [0.15, 0.2) is 17.5 Å². The van der Waals surface area contributed by atoms with Crippen LogP contribution in [-0.2, 0) is 13.1 Å². The van der Waals surface area contributed by atoms with Crippen LogP contribution < -0.4 is 24.8 Å². The van der Waals surface area contributed by atoms with Gasteiger partial charge in [0.05, 0.1) is 27.4 Å². The Morgan fingerprint density at radius 1 is 0.966 bits per heavy atom. The third kappa shape index (κ3) is 7.60. The Hall–Kier alpha value is -2.23. The number of benzene rings is 2. The summed E-state index contributed by atoms with van der Waals surface area (Å²) >= 11 is 0. The van der Waals surface area contributed by atoms with Gasteiger partial charge in [-0.3, -0.25) is 0 Å². The second-order valence-corrected chi connectivity index (χ2v) is 5.94. The zero-order chi connectivity index (χ0) is 20.4. The molecule has 0 fully saturated rings. The smallest absolute Gasteiger partial charge is 0.203 e. The van der Waals surface area contributed by atoms with E-state index in [1.54, 1.807) is 26.4 Å². The molecule has 0 bridgehead atoms. The second-order valence-electron chi connectivity index (χ2n) is 5.94. The van der Waals surface area contributed by atoms with Crippen molar-refractivity contribution in [1.82, 2.24) is 10.6 Å². The van der Waals surface area contributed by atoms with Crippen LogP contribution in [0, 0.1) is 5.82 Å². The van der Waals surface area contributed by atoms with Gasteiger partial charge in [0.1, 0.15) is 5.82 Å². The van der Waals surface area contributed by atoms with E-state index in [0.29, 0.717) is 42.9 Å². The number of ether oxygens (including phenoxy) is 3. The predicted molar refractivity (Wildman–Crippen MR) is 124 cm³/mol. The van der Waals surface area contributed by atoms with E-state index in [0.717, 1.165) is 17.7 Å². The number of aliphatic imine (C=N–C) groups is 1. The fraction of sp³-hybridized carbons (Fsp3) is 0.381. The van der Waals surface area contributed by atoms with Crippen molar-refractivity contribution in [2.75, 3.05) is 27.4 Å². The van der Waals surface area contributed by atoms with Gasteiger partial charge in [-0.05, 0) is 49.2 Å². The van der Waals surface area contributed by atoms with Gasteiger partial charge in [0.25, 0.3) is 0 Å². The Balaban J connectivity index is 0.00000420. The molecule has 0 aliphatic heterocycles. The quantitative estimate of drug-likeness (QED) is 0.298. The number of guanidine groups is 1. The molecule has 0 aliphatic carbocycles. The molecule has 29 heavy (non-hydrogen) atoms. The largest absolute Gasteiger partial charge is 0.493 e. The number of hydrogen-bond acceptors (Lipinski definition) is 4. The molecule has 0 saturated carbocycles. The molecule has 160 valence electrons. The maximum Gasteiger partial charge on any atom is 0.203 e. The Labute approximate surface area is 188 Å². The fourth-order valence-electron chi connectivity index (χ4n) is 2.61. The van der Waals surface area contributed by atoms with Crippen LogP contribution >= 0.6 is 24.0 Å². The van der Waals surface area contributed by atoms with Gasteiger partial charge in [-0.25, -0.2) is 9.38 Å².